The molecule has 7 nitrogen and oxygen atoms in total. The molecule has 0 unspecified atom stereocenters. The van der Waals surface area contributed by atoms with Crippen LogP contribution >= 0.6 is 11.3 Å². The van der Waals surface area contributed by atoms with Gasteiger partial charge in [-0.05, 0) is 44.2 Å². The molecule has 0 saturated carbocycles. The van der Waals surface area contributed by atoms with E-state index in [0.717, 1.165) is 11.1 Å². The Bertz CT molecular complexity index is 1150. The zero-order valence-corrected chi connectivity index (χ0v) is 16.7. The van der Waals surface area contributed by atoms with Crippen LogP contribution in [0.5, 0.6) is 5.75 Å². The zero-order chi connectivity index (χ0) is 19.9. The molecule has 0 fully saturated rings. The number of hydrogen-bond acceptors (Lipinski definition) is 6. The van der Waals surface area contributed by atoms with E-state index in [2.05, 4.69) is 15.0 Å². The molecule has 9 heteroatoms. The molecule has 2 aromatic carbocycles. The Morgan fingerprint density at radius 3 is 2.68 bits per heavy atom. The van der Waals surface area contributed by atoms with E-state index in [4.69, 9.17) is 4.74 Å². The highest BCUT2D eigenvalue weighted by Gasteiger charge is 2.24. The minimum Gasteiger partial charge on any atom is -0.479 e. The standard InChI is InChI=1S/C19H17N3O4S2/c1-11-3-6-14(7-4-11)28(24,25)22-19-21-16(10-27-19)13-5-8-17-15(9-13)20-18(23)12(2)26-17/h3-10,12H,1-2H3,(H,20,23)(H,21,22)/t12-/m0/s1. The maximum Gasteiger partial charge on any atom is 0.265 e. The second-order valence-electron chi connectivity index (χ2n) is 6.42. The van der Waals surface area contributed by atoms with E-state index in [1.807, 2.05) is 13.0 Å². The van der Waals surface area contributed by atoms with Gasteiger partial charge in [-0.15, -0.1) is 11.3 Å². The summed E-state index contributed by atoms with van der Waals surface area (Å²) in [5.41, 5.74) is 2.89. The van der Waals surface area contributed by atoms with Crippen LogP contribution in [-0.2, 0) is 14.8 Å². The van der Waals surface area contributed by atoms with E-state index in [-0.39, 0.29) is 15.9 Å². The van der Waals surface area contributed by atoms with Gasteiger partial charge in [0.15, 0.2) is 11.2 Å². The number of thiazole rings is 1. The molecule has 0 bridgehead atoms. The fraction of sp³-hybridized carbons (Fsp3) is 0.158. The van der Waals surface area contributed by atoms with Crippen molar-refractivity contribution in [1.82, 2.24) is 4.98 Å². The van der Waals surface area contributed by atoms with Crippen LogP contribution in [0.1, 0.15) is 12.5 Å². The molecule has 1 aromatic heterocycles. The Kier molecular flexibility index (Phi) is 4.56. The molecular formula is C19H17N3O4S2. The van der Waals surface area contributed by atoms with Crippen LogP contribution in [0.25, 0.3) is 11.3 Å². The van der Waals surface area contributed by atoms with Crippen LogP contribution in [-0.4, -0.2) is 25.4 Å². The Morgan fingerprint density at radius 1 is 1.18 bits per heavy atom. The van der Waals surface area contributed by atoms with Crippen LogP contribution in [0, 0.1) is 6.92 Å². The van der Waals surface area contributed by atoms with Gasteiger partial charge in [-0.2, -0.15) is 0 Å². The molecule has 28 heavy (non-hydrogen) atoms. The smallest absolute Gasteiger partial charge is 0.265 e. The number of amides is 1. The van der Waals surface area contributed by atoms with E-state index in [1.165, 1.54) is 11.3 Å². The third-order valence-electron chi connectivity index (χ3n) is 4.26. The van der Waals surface area contributed by atoms with Gasteiger partial charge >= 0.3 is 0 Å². The normalized spacial score (nSPS) is 16.1. The summed E-state index contributed by atoms with van der Waals surface area (Å²) in [5.74, 6) is 0.376. The van der Waals surface area contributed by atoms with Gasteiger partial charge in [-0.25, -0.2) is 13.4 Å². The molecular weight excluding hydrogens is 398 g/mol. The Balaban J connectivity index is 1.57. The summed E-state index contributed by atoms with van der Waals surface area (Å²) in [6.07, 6.45) is -0.541. The first-order chi connectivity index (χ1) is 13.3. The summed E-state index contributed by atoms with van der Waals surface area (Å²) in [7, 11) is -3.71. The van der Waals surface area contributed by atoms with Crippen molar-refractivity contribution in [2.75, 3.05) is 10.0 Å². The molecule has 1 aliphatic heterocycles. The molecule has 0 saturated heterocycles. The number of aromatic nitrogens is 1. The average molecular weight is 415 g/mol. The SMILES string of the molecule is Cc1ccc(S(=O)(=O)Nc2nc(-c3ccc4c(c3)NC(=O)[C@H](C)O4)cs2)cc1. The second-order valence-corrected chi connectivity index (χ2v) is 8.96. The van der Waals surface area contributed by atoms with Crippen LogP contribution in [0.15, 0.2) is 52.7 Å². The van der Waals surface area contributed by atoms with Crippen molar-refractivity contribution in [3.63, 3.8) is 0 Å². The summed E-state index contributed by atoms with van der Waals surface area (Å²) in [4.78, 5) is 16.3. The first-order valence-electron chi connectivity index (χ1n) is 8.49. The number of ether oxygens (including phenoxy) is 1. The number of rotatable bonds is 4. The molecule has 1 atom stereocenters. The van der Waals surface area contributed by atoms with E-state index in [9.17, 15) is 13.2 Å². The van der Waals surface area contributed by atoms with Crippen molar-refractivity contribution in [2.24, 2.45) is 0 Å². The maximum atomic E-state index is 12.5. The fourth-order valence-electron chi connectivity index (χ4n) is 2.71. The fourth-order valence-corrected chi connectivity index (χ4v) is 4.69. The van der Waals surface area contributed by atoms with Crippen molar-refractivity contribution in [1.29, 1.82) is 0 Å². The molecule has 0 spiro atoms. The van der Waals surface area contributed by atoms with Crippen LogP contribution in [0.2, 0.25) is 0 Å². The number of anilines is 2. The highest BCUT2D eigenvalue weighted by Crippen LogP contribution is 2.35. The highest BCUT2D eigenvalue weighted by atomic mass is 32.2. The summed E-state index contributed by atoms with van der Waals surface area (Å²) in [5, 5.41) is 4.81. The lowest BCUT2D eigenvalue weighted by molar-refractivity contribution is -0.122. The van der Waals surface area contributed by atoms with Crippen LogP contribution in [0.4, 0.5) is 10.8 Å². The van der Waals surface area contributed by atoms with Crippen molar-refractivity contribution < 1.29 is 17.9 Å². The summed E-state index contributed by atoms with van der Waals surface area (Å²) < 4.78 is 33.1. The van der Waals surface area contributed by atoms with Gasteiger partial charge in [0.1, 0.15) is 5.75 Å². The first kappa shape index (κ1) is 18.5. The largest absolute Gasteiger partial charge is 0.479 e. The molecule has 2 heterocycles. The third kappa shape index (κ3) is 3.58. The number of aryl methyl sites for hydroxylation is 1. The van der Waals surface area contributed by atoms with Crippen LogP contribution < -0.4 is 14.8 Å². The quantitative estimate of drug-likeness (QED) is 0.678. The van der Waals surface area contributed by atoms with Crippen molar-refractivity contribution in [3.05, 3.63) is 53.4 Å². The van der Waals surface area contributed by atoms with E-state index in [0.29, 0.717) is 17.1 Å². The minimum absolute atomic E-state index is 0.178. The van der Waals surface area contributed by atoms with E-state index in [1.54, 1.807) is 48.7 Å². The molecule has 144 valence electrons. The molecule has 1 amide bonds. The first-order valence-corrected chi connectivity index (χ1v) is 10.8. The van der Waals surface area contributed by atoms with Gasteiger partial charge < -0.3 is 10.1 Å². The summed E-state index contributed by atoms with van der Waals surface area (Å²) >= 11 is 1.19. The van der Waals surface area contributed by atoms with Crippen molar-refractivity contribution in [2.45, 2.75) is 24.8 Å². The topological polar surface area (TPSA) is 97.4 Å². The lowest BCUT2D eigenvalue weighted by atomic mass is 10.1. The number of nitrogens with one attached hydrogen (secondary N) is 2. The van der Waals surface area contributed by atoms with Crippen molar-refractivity contribution >= 4 is 38.1 Å². The Morgan fingerprint density at radius 2 is 1.93 bits per heavy atom. The molecule has 3 aromatic rings. The monoisotopic (exact) mass is 415 g/mol. The molecule has 1 aliphatic rings. The third-order valence-corrected chi connectivity index (χ3v) is 6.51. The molecule has 0 radical (unpaired) electrons. The number of fused-ring (bicyclic) bond motifs is 1. The Hall–Kier alpha value is -2.91. The number of carbonyl (C=O) groups is 1. The number of nitrogens with zero attached hydrogens (tertiary/aromatic N) is 1. The number of benzene rings is 2. The molecule has 4 rings (SSSR count). The van der Waals surface area contributed by atoms with Gasteiger partial charge in [-0.1, -0.05) is 17.7 Å². The number of carbonyl (C=O) groups excluding carboxylic acids is 1. The van der Waals surface area contributed by atoms with Crippen LogP contribution in [0.3, 0.4) is 0 Å². The zero-order valence-electron chi connectivity index (χ0n) is 15.1. The van der Waals surface area contributed by atoms with E-state index < -0.39 is 16.1 Å². The predicted molar refractivity (Wildman–Crippen MR) is 108 cm³/mol. The Labute approximate surface area is 166 Å². The van der Waals surface area contributed by atoms with Gasteiger partial charge in [0, 0.05) is 10.9 Å². The second kappa shape index (κ2) is 6.92. The minimum atomic E-state index is -3.71. The van der Waals surface area contributed by atoms with Crippen molar-refractivity contribution in [3.8, 4) is 17.0 Å². The summed E-state index contributed by atoms with van der Waals surface area (Å²) in [6.45, 7) is 3.57. The van der Waals surface area contributed by atoms with E-state index >= 15 is 0 Å². The number of hydrogen-bond donors (Lipinski definition) is 2. The maximum absolute atomic E-state index is 12.5. The highest BCUT2D eigenvalue weighted by molar-refractivity contribution is 7.93. The molecule has 0 aliphatic carbocycles. The summed E-state index contributed by atoms with van der Waals surface area (Å²) in [6, 6.07) is 11.9. The molecule has 2 N–H and O–H groups in total. The predicted octanol–water partition coefficient (Wildman–Crippen LogP) is 3.64. The van der Waals surface area contributed by atoms with Gasteiger partial charge in [0.2, 0.25) is 0 Å². The van der Waals surface area contributed by atoms with Gasteiger partial charge in [0.05, 0.1) is 16.3 Å². The lowest BCUT2D eigenvalue weighted by Gasteiger charge is -2.23. The lowest BCUT2D eigenvalue weighted by Crippen LogP contribution is -2.34. The average Bonchev–Trinajstić information content (AvgIpc) is 3.10. The van der Waals surface area contributed by atoms with Gasteiger partial charge in [0.25, 0.3) is 15.9 Å². The number of sulfonamides is 1. The van der Waals surface area contributed by atoms with Gasteiger partial charge in [-0.3, -0.25) is 9.52 Å².